The van der Waals surface area contributed by atoms with E-state index in [9.17, 15) is 5.11 Å². The number of rotatable bonds is 5. The predicted octanol–water partition coefficient (Wildman–Crippen LogP) is 2.54. The number of hydrogen-bond donors (Lipinski definition) is 2. The summed E-state index contributed by atoms with van der Waals surface area (Å²) in [7, 11) is 0. The van der Waals surface area contributed by atoms with Gasteiger partial charge in [-0.3, -0.25) is 4.99 Å². The largest absolute Gasteiger partial charge is 0.393 e. The third-order valence-corrected chi connectivity index (χ3v) is 5.98. The van der Waals surface area contributed by atoms with Crippen molar-refractivity contribution in [2.45, 2.75) is 58.0 Å². The Balaban J connectivity index is 0.00000225. The van der Waals surface area contributed by atoms with Crippen LogP contribution in [0.25, 0.3) is 0 Å². The molecule has 0 aromatic heterocycles. The number of aliphatic hydroxyl groups is 1. The van der Waals surface area contributed by atoms with Gasteiger partial charge in [-0.2, -0.15) is 0 Å². The molecule has 3 unspecified atom stereocenters. The van der Waals surface area contributed by atoms with Gasteiger partial charge >= 0.3 is 0 Å². The molecule has 0 aromatic carbocycles. The fourth-order valence-electron chi connectivity index (χ4n) is 4.54. The number of likely N-dealkylation sites (tertiary alicyclic amines) is 2. The Morgan fingerprint density at radius 1 is 1.08 bits per heavy atom. The summed E-state index contributed by atoms with van der Waals surface area (Å²) < 4.78 is 0. The first kappa shape index (κ1) is 21.2. The van der Waals surface area contributed by atoms with Gasteiger partial charge in [-0.05, 0) is 58.0 Å². The Morgan fingerprint density at radius 3 is 2.56 bits per heavy atom. The molecule has 0 radical (unpaired) electrons. The summed E-state index contributed by atoms with van der Waals surface area (Å²) in [4.78, 5) is 9.97. The molecule has 2 N–H and O–H groups in total. The van der Waals surface area contributed by atoms with Crippen molar-refractivity contribution < 1.29 is 5.11 Å². The molecule has 2 heterocycles. The number of aliphatic imine (C=N–C) groups is 1. The quantitative estimate of drug-likeness (QED) is 0.373. The Kier molecular flexibility index (Phi) is 9.27. The number of piperidine rings is 1. The molecular formula is C19H37IN4O. The van der Waals surface area contributed by atoms with Gasteiger partial charge < -0.3 is 20.2 Å². The van der Waals surface area contributed by atoms with E-state index in [-0.39, 0.29) is 30.1 Å². The summed E-state index contributed by atoms with van der Waals surface area (Å²) in [5.74, 6) is 2.21. The lowest BCUT2D eigenvalue weighted by atomic mass is 10.1. The lowest BCUT2D eigenvalue weighted by Gasteiger charge is -2.29. The molecule has 0 amide bonds. The molecule has 3 fully saturated rings. The van der Waals surface area contributed by atoms with Crippen molar-refractivity contribution in [2.75, 3.05) is 45.8 Å². The number of guanidine groups is 1. The van der Waals surface area contributed by atoms with E-state index in [0.29, 0.717) is 5.92 Å². The van der Waals surface area contributed by atoms with Crippen molar-refractivity contribution in [1.29, 1.82) is 0 Å². The second kappa shape index (κ2) is 10.9. The number of halogens is 1. The van der Waals surface area contributed by atoms with Gasteiger partial charge in [0.05, 0.1) is 6.10 Å². The maximum Gasteiger partial charge on any atom is 0.193 e. The van der Waals surface area contributed by atoms with Crippen LogP contribution in [0.1, 0.15) is 51.9 Å². The lowest BCUT2D eigenvalue weighted by molar-refractivity contribution is 0.136. The van der Waals surface area contributed by atoms with Gasteiger partial charge in [0, 0.05) is 38.6 Å². The van der Waals surface area contributed by atoms with Crippen molar-refractivity contribution in [3.63, 3.8) is 0 Å². The van der Waals surface area contributed by atoms with Gasteiger partial charge in [0.1, 0.15) is 0 Å². The molecule has 0 spiro atoms. The van der Waals surface area contributed by atoms with Crippen LogP contribution in [-0.4, -0.2) is 72.8 Å². The number of nitrogens with one attached hydrogen (secondary N) is 1. The average Bonchev–Trinajstić information content (AvgIpc) is 3.22. The van der Waals surface area contributed by atoms with E-state index in [1.165, 1.54) is 45.3 Å². The van der Waals surface area contributed by atoms with Crippen LogP contribution >= 0.6 is 24.0 Å². The summed E-state index contributed by atoms with van der Waals surface area (Å²) in [5.41, 5.74) is 0. The third-order valence-electron chi connectivity index (χ3n) is 5.98. The first-order valence-corrected chi connectivity index (χ1v) is 10.2. The molecule has 2 aliphatic heterocycles. The van der Waals surface area contributed by atoms with Crippen LogP contribution in [0.4, 0.5) is 0 Å². The summed E-state index contributed by atoms with van der Waals surface area (Å²) in [6.45, 7) is 9.94. The number of nitrogens with zero attached hydrogens (tertiary/aromatic N) is 3. The summed E-state index contributed by atoms with van der Waals surface area (Å²) in [5, 5.41) is 13.5. The van der Waals surface area contributed by atoms with Crippen LogP contribution in [0.15, 0.2) is 4.99 Å². The molecule has 1 saturated carbocycles. The van der Waals surface area contributed by atoms with E-state index in [2.05, 4.69) is 22.0 Å². The van der Waals surface area contributed by atoms with E-state index in [1.54, 1.807) is 0 Å². The molecule has 2 saturated heterocycles. The average molecular weight is 464 g/mol. The molecule has 0 aromatic rings. The van der Waals surface area contributed by atoms with Crippen molar-refractivity contribution >= 4 is 29.9 Å². The zero-order valence-electron chi connectivity index (χ0n) is 15.8. The van der Waals surface area contributed by atoms with E-state index < -0.39 is 0 Å². The fourth-order valence-corrected chi connectivity index (χ4v) is 4.54. The number of aliphatic hydroxyl groups excluding tert-OH is 1. The Bertz CT molecular complexity index is 414. The minimum atomic E-state index is -0.137. The minimum absolute atomic E-state index is 0. The summed E-state index contributed by atoms with van der Waals surface area (Å²) in [6.07, 6.45) is 8.56. The van der Waals surface area contributed by atoms with Crippen LogP contribution in [0.3, 0.4) is 0 Å². The molecule has 6 heteroatoms. The SMILES string of the molecule is CCNC(=NCC1CCCC1O)N1CCC(CN2CCCCC2)C1.I. The summed E-state index contributed by atoms with van der Waals surface area (Å²) >= 11 is 0. The summed E-state index contributed by atoms with van der Waals surface area (Å²) in [6, 6.07) is 0. The molecule has 1 aliphatic carbocycles. The minimum Gasteiger partial charge on any atom is -0.393 e. The highest BCUT2D eigenvalue weighted by atomic mass is 127. The van der Waals surface area contributed by atoms with Gasteiger partial charge in [0.25, 0.3) is 0 Å². The topological polar surface area (TPSA) is 51.1 Å². The Morgan fingerprint density at radius 2 is 1.88 bits per heavy atom. The van der Waals surface area contributed by atoms with Gasteiger partial charge in [-0.15, -0.1) is 24.0 Å². The lowest BCUT2D eigenvalue weighted by Crippen LogP contribution is -2.41. The Hall–Kier alpha value is -0.0800. The monoisotopic (exact) mass is 464 g/mol. The highest BCUT2D eigenvalue weighted by molar-refractivity contribution is 14.0. The van der Waals surface area contributed by atoms with Crippen LogP contribution in [0.5, 0.6) is 0 Å². The standard InChI is InChI=1S/C19H36N4O.HI/c1-2-20-19(21-13-17-7-6-8-18(17)24)23-12-9-16(15-23)14-22-10-4-3-5-11-22;/h16-18,24H,2-15H2,1H3,(H,20,21);1H. The second-order valence-corrected chi connectivity index (χ2v) is 7.91. The highest BCUT2D eigenvalue weighted by Crippen LogP contribution is 2.26. The Labute approximate surface area is 170 Å². The zero-order chi connectivity index (χ0) is 16.8. The van der Waals surface area contributed by atoms with Gasteiger partial charge in [-0.25, -0.2) is 0 Å². The fraction of sp³-hybridized carbons (Fsp3) is 0.947. The molecule has 3 atom stereocenters. The van der Waals surface area contributed by atoms with E-state index >= 15 is 0 Å². The van der Waals surface area contributed by atoms with Crippen LogP contribution < -0.4 is 5.32 Å². The van der Waals surface area contributed by atoms with E-state index in [4.69, 9.17) is 4.99 Å². The molecule has 25 heavy (non-hydrogen) atoms. The normalized spacial score (nSPS) is 31.2. The van der Waals surface area contributed by atoms with E-state index in [1.807, 2.05) is 0 Å². The molecule has 5 nitrogen and oxygen atoms in total. The molecule has 146 valence electrons. The molecule has 3 rings (SSSR count). The smallest absolute Gasteiger partial charge is 0.193 e. The first-order valence-electron chi connectivity index (χ1n) is 10.2. The zero-order valence-corrected chi connectivity index (χ0v) is 18.2. The van der Waals surface area contributed by atoms with Gasteiger partial charge in [0.2, 0.25) is 0 Å². The first-order chi connectivity index (χ1) is 11.8. The second-order valence-electron chi connectivity index (χ2n) is 7.91. The molecule has 3 aliphatic rings. The van der Waals surface area contributed by atoms with Crippen LogP contribution in [0, 0.1) is 11.8 Å². The van der Waals surface area contributed by atoms with Crippen molar-refractivity contribution in [2.24, 2.45) is 16.8 Å². The predicted molar refractivity (Wildman–Crippen MR) is 115 cm³/mol. The van der Waals surface area contributed by atoms with Crippen molar-refractivity contribution in [3.8, 4) is 0 Å². The van der Waals surface area contributed by atoms with Crippen molar-refractivity contribution in [1.82, 2.24) is 15.1 Å². The van der Waals surface area contributed by atoms with Crippen LogP contribution in [0.2, 0.25) is 0 Å². The molecule has 0 bridgehead atoms. The van der Waals surface area contributed by atoms with E-state index in [0.717, 1.165) is 57.3 Å². The molecular weight excluding hydrogens is 427 g/mol. The maximum absolute atomic E-state index is 10.0. The van der Waals surface area contributed by atoms with Crippen molar-refractivity contribution in [3.05, 3.63) is 0 Å². The third kappa shape index (κ3) is 6.24. The maximum atomic E-state index is 10.0. The van der Waals surface area contributed by atoms with Gasteiger partial charge in [0.15, 0.2) is 5.96 Å². The van der Waals surface area contributed by atoms with Crippen LogP contribution in [-0.2, 0) is 0 Å². The highest BCUT2D eigenvalue weighted by Gasteiger charge is 2.28. The van der Waals surface area contributed by atoms with Gasteiger partial charge in [-0.1, -0.05) is 12.8 Å². The number of hydrogen-bond acceptors (Lipinski definition) is 3.